The highest BCUT2D eigenvalue weighted by atomic mass is 16.5. The van der Waals surface area contributed by atoms with E-state index in [1.165, 1.54) is 27.4 Å². The minimum absolute atomic E-state index is 0.0279. The first-order valence-corrected chi connectivity index (χ1v) is 4.62. The number of carbonyl (C=O) groups is 2. The molecule has 0 aliphatic rings. The van der Waals surface area contributed by atoms with Crippen molar-refractivity contribution in [3.05, 3.63) is 23.3 Å². The molecule has 0 radical (unpaired) electrons. The zero-order chi connectivity index (χ0) is 13.0. The van der Waals surface area contributed by atoms with E-state index in [2.05, 4.69) is 9.47 Å². The molecule has 1 N–H and O–H groups in total. The van der Waals surface area contributed by atoms with Crippen molar-refractivity contribution in [2.45, 2.75) is 0 Å². The number of hydrogen-bond donors (Lipinski definition) is 1. The summed E-state index contributed by atoms with van der Waals surface area (Å²) in [7, 11) is 3.72. The minimum Gasteiger partial charge on any atom is -0.507 e. The largest absolute Gasteiger partial charge is 0.507 e. The van der Waals surface area contributed by atoms with Crippen LogP contribution in [0.5, 0.6) is 11.5 Å². The fraction of sp³-hybridized carbons (Fsp3) is 0.273. The third-order valence-electron chi connectivity index (χ3n) is 2.13. The van der Waals surface area contributed by atoms with Crippen molar-refractivity contribution >= 4 is 11.9 Å². The SMILES string of the molecule is COC(=O)c1cc(OC)c(C(=O)OC)cc1O. The molecule has 0 unspecified atom stereocenters. The van der Waals surface area contributed by atoms with Gasteiger partial charge in [0.15, 0.2) is 0 Å². The molecule has 1 aromatic rings. The standard InChI is InChI=1S/C11H12O6/c1-15-9-5-6(10(13)16-2)8(12)4-7(9)11(14)17-3/h4-5,12H,1-3H3. The minimum atomic E-state index is -0.725. The molecular weight excluding hydrogens is 228 g/mol. The third kappa shape index (κ3) is 2.47. The molecule has 0 saturated carbocycles. The van der Waals surface area contributed by atoms with Crippen molar-refractivity contribution in [1.82, 2.24) is 0 Å². The van der Waals surface area contributed by atoms with Crippen molar-refractivity contribution < 1.29 is 28.9 Å². The highest BCUT2D eigenvalue weighted by Gasteiger charge is 2.20. The van der Waals surface area contributed by atoms with Crippen molar-refractivity contribution in [3.63, 3.8) is 0 Å². The zero-order valence-electron chi connectivity index (χ0n) is 9.64. The third-order valence-corrected chi connectivity index (χ3v) is 2.13. The summed E-state index contributed by atoms with van der Waals surface area (Å²) in [6, 6.07) is 2.31. The molecule has 17 heavy (non-hydrogen) atoms. The Balaban J connectivity index is 3.34. The summed E-state index contributed by atoms with van der Waals surface area (Å²) in [6.07, 6.45) is 0. The van der Waals surface area contributed by atoms with Gasteiger partial charge in [-0.05, 0) is 12.1 Å². The van der Waals surface area contributed by atoms with Gasteiger partial charge in [0.25, 0.3) is 0 Å². The van der Waals surface area contributed by atoms with Crippen LogP contribution in [0.2, 0.25) is 0 Å². The van der Waals surface area contributed by atoms with Crippen LogP contribution in [0, 0.1) is 0 Å². The topological polar surface area (TPSA) is 82.1 Å². The monoisotopic (exact) mass is 240 g/mol. The van der Waals surface area contributed by atoms with Gasteiger partial charge in [-0.1, -0.05) is 0 Å². The van der Waals surface area contributed by atoms with Crippen molar-refractivity contribution in [2.24, 2.45) is 0 Å². The molecule has 1 aromatic carbocycles. The van der Waals surface area contributed by atoms with Gasteiger partial charge >= 0.3 is 11.9 Å². The van der Waals surface area contributed by atoms with Crippen molar-refractivity contribution in [2.75, 3.05) is 21.3 Å². The number of hydrogen-bond acceptors (Lipinski definition) is 6. The average molecular weight is 240 g/mol. The van der Waals surface area contributed by atoms with Crippen LogP contribution in [0.25, 0.3) is 0 Å². The molecule has 0 amide bonds. The first kappa shape index (κ1) is 12.8. The van der Waals surface area contributed by atoms with Crippen LogP contribution in [0.1, 0.15) is 20.7 Å². The van der Waals surface area contributed by atoms with Gasteiger partial charge in [0, 0.05) is 0 Å². The number of aromatic hydroxyl groups is 1. The Hall–Kier alpha value is -2.24. The van der Waals surface area contributed by atoms with E-state index >= 15 is 0 Å². The lowest BCUT2D eigenvalue weighted by Crippen LogP contribution is -2.07. The Morgan fingerprint density at radius 2 is 1.53 bits per heavy atom. The molecule has 92 valence electrons. The highest BCUT2D eigenvalue weighted by molar-refractivity contribution is 5.98. The second kappa shape index (κ2) is 5.20. The highest BCUT2D eigenvalue weighted by Crippen LogP contribution is 2.29. The van der Waals surface area contributed by atoms with Gasteiger partial charge in [0.05, 0.1) is 21.3 Å². The van der Waals surface area contributed by atoms with E-state index < -0.39 is 11.9 Å². The fourth-order valence-electron chi connectivity index (χ4n) is 1.28. The van der Waals surface area contributed by atoms with Gasteiger partial charge in [0.2, 0.25) is 0 Å². The van der Waals surface area contributed by atoms with Gasteiger partial charge in [0.1, 0.15) is 22.6 Å². The molecule has 0 aliphatic carbocycles. The number of phenolic OH excluding ortho intramolecular Hbond substituents is 1. The van der Waals surface area contributed by atoms with Gasteiger partial charge in [-0.15, -0.1) is 0 Å². The van der Waals surface area contributed by atoms with Gasteiger partial charge in [-0.3, -0.25) is 0 Å². The van der Waals surface area contributed by atoms with Gasteiger partial charge < -0.3 is 19.3 Å². The first-order chi connectivity index (χ1) is 8.04. The maximum absolute atomic E-state index is 11.4. The average Bonchev–Trinajstić information content (AvgIpc) is 2.36. The number of ether oxygens (including phenoxy) is 3. The molecule has 0 atom stereocenters. The first-order valence-electron chi connectivity index (χ1n) is 4.62. The molecule has 6 nitrogen and oxygen atoms in total. The molecule has 0 fully saturated rings. The lowest BCUT2D eigenvalue weighted by Gasteiger charge is -2.10. The number of methoxy groups -OCH3 is 3. The molecule has 0 saturated heterocycles. The zero-order valence-corrected chi connectivity index (χ0v) is 9.64. The van der Waals surface area contributed by atoms with Crippen LogP contribution < -0.4 is 4.74 Å². The number of phenols is 1. The fourth-order valence-corrected chi connectivity index (χ4v) is 1.28. The Bertz CT molecular complexity index is 452. The normalized spacial score (nSPS) is 9.59. The number of rotatable bonds is 3. The van der Waals surface area contributed by atoms with Crippen LogP contribution in [-0.4, -0.2) is 38.4 Å². The molecule has 1 rings (SSSR count). The van der Waals surface area contributed by atoms with Crippen LogP contribution in [0.4, 0.5) is 0 Å². The maximum Gasteiger partial charge on any atom is 0.341 e. The second-order valence-electron chi connectivity index (χ2n) is 3.05. The van der Waals surface area contributed by atoms with E-state index in [9.17, 15) is 14.7 Å². The number of benzene rings is 1. The van der Waals surface area contributed by atoms with Gasteiger partial charge in [-0.25, -0.2) is 9.59 Å². The van der Waals surface area contributed by atoms with Crippen LogP contribution in [-0.2, 0) is 9.47 Å². The van der Waals surface area contributed by atoms with Gasteiger partial charge in [-0.2, -0.15) is 0 Å². The second-order valence-corrected chi connectivity index (χ2v) is 3.05. The summed E-state index contributed by atoms with van der Waals surface area (Å²) < 4.78 is 13.9. The van der Waals surface area contributed by atoms with E-state index in [1.807, 2.05) is 0 Å². The Kier molecular flexibility index (Phi) is 3.92. The van der Waals surface area contributed by atoms with Crippen molar-refractivity contribution in [1.29, 1.82) is 0 Å². The van der Waals surface area contributed by atoms with E-state index in [0.717, 1.165) is 6.07 Å². The molecular formula is C11H12O6. The summed E-state index contributed by atoms with van der Waals surface area (Å²) in [6.45, 7) is 0. The van der Waals surface area contributed by atoms with Crippen molar-refractivity contribution in [3.8, 4) is 11.5 Å². The number of esters is 2. The lowest BCUT2D eigenvalue weighted by molar-refractivity contribution is 0.0580. The van der Waals surface area contributed by atoms with E-state index in [0.29, 0.717) is 0 Å². The Labute approximate surface area is 97.7 Å². The number of carbonyl (C=O) groups excluding carboxylic acids is 2. The van der Waals surface area contributed by atoms with Crippen LogP contribution >= 0.6 is 0 Å². The molecule has 0 aliphatic heterocycles. The molecule has 6 heteroatoms. The maximum atomic E-state index is 11.4. The predicted octanol–water partition coefficient (Wildman–Crippen LogP) is 0.974. The van der Waals surface area contributed by atoms with E-state index in [1.54, 1.807) is 0 Å². The van der Waals surface area contributed by atoms with Crippen LogP contribution in [0.3, 0.4) is 0 Å². The molecule has 0 bridgehead atoms. The molecule has 0 aromatic heterocycles. The van der Waals surface area contributed by atoms with Crippen LogP contribution in [0.15, 0.2) is 12.1 Å². The quantitative estimate of drug-likeness (QED) is 0.793. The Morgan fingerprint density at radius 3 is 2.00 bits per heavy atom. The Morgan fingerprint density at radius 1 is 1.00 bits per heavy atom. The summed E-state index contributed by atoms with van der Waals surface area (Å²) in [5.74, 6) is -1.65. The summed E-state index contributed by atoms with van der Waals surface area (Å²) in [5.41, 5.74) is -0.0582. The summed E-state index contributed by atoms with van der Waals surface area (Å²) in [5, 5.41) is 9.59. The molecule has 0 spiro atoms. The lowest BCUT2D eigenvalue weighted by atomic mass is 10.1. The summed E-state index contributed by atoms with van der Waals surface area (Å²) in [4.78, 5) is 22.7. The van der Waals surface area contributed by atoms with E-state index in [4.69, 9.17) is 4.74 Å². The predicted molar refractivity (Wildman–Crippen MR) is 57.3 cm³/mol. The molecule has 0 heterocycles. The summed E-state index contributed by atoms with van der Waals surface area (Å²) >= 11 is 0. The smallest absolute Gasteiger partial charge is 0.341 e. The van der Waals surface area contributed by atoms with E-state index in [-0.39, 0.29) is 22.6 Å².